The zero-order valence-corrected chi connectivity index (χ0v) is 10.6. The van der Waals surface area contributed by atoms with E-state index >= 15 is 0 Å². The second-order valence-electron chi connectivity index (χ2n) is 4.45. The van der Waals surface area contributed by atoms with E-state index in [0.717, 1.165) is 39.1 Å². The molecule has 0 aromatic carbocycles. The van der Waals surface area contributed by atoms with Crippen molar-refractivity contribution in [2.24, 2.45) is 5.73 Å². The molecule has 1 unspecified atom stereocenters. The highest BCUT2D eigenvalue weighted by atomic mass is 16.2. The molecular formula is C12H25N3O. The van der Waals surface area contributed by atoms with Crippen LogP contribution in [-0.2, 0) is 4.79 Å². The summed E-state index contributed by atoms with van der Waals surface area (Å²) in [6.07, 6.45) is 2.96. The van der Waals surface area contributed by atoms with Crippen LogP contribution < -0.4 is 5.73 Å². The lowest BCUT2D eigenvalue weighted by Gasteiger charge is -2.39. The van der Waals surface area contributed by atoms with Crippen LogP contribution in [0.3, 0.4) is 0 Å². The van der Waals surface area contributed by atoms with Gasteiger partial charge in [-0.1, -0.05) is 20.3 Å². The second kappa shape index (κ2) is 6.86. The molecule has 0 aliphatic carbocycles. The van der Waals surface area contributed by atoms with E-state index in [2.05, 4.69) is 11.8 Å². The Hall–Kier alpha value is -0.610. The normalized spacial score (nSPS) is 19.8. The SMILES string of the molecule is CCCC(CN)N1CCN(C(=O)CC)CC1. The maximum atomic E-state index is 11.5. The minimum atomic E-state index is 0.277. The van der Waals surface area contributed by atoms with Gasteiger partial charge >= 0.3 is 0 Å². The first kappa shape index (κ1) is 13.5. The number of hydrogen-bond donors (Lipinski definition) is 1. The van der Waals surface area contributed by atoms with E-state index in [-0.39, 0.29) is 5.91 Å². The number of nitrogens with zero attached hydrogens (tertiary/aromatic N) is 2. The Labute approximate surface area is 98.8 Å². The summed E-state index contributed by atoms with van der Waals surface area (Å²) in [5, 5.41) is 0. The Morgan fingerprint density at radius 1 is 1.25 bits per heavy atom. The van der Waals surface area contributed by atoms with Crippen molar-refractivity contribution in [3.8, 4) is 0 Å². The van der Waals surface area contributed by atoms with Gasteiger partial charge < -0.3 is 10.6 Å². The molecule has 1 atom stereocenters. The molecule has 0 aromatic heterocycles. The molecule has 1 aliphatic heterocycles. The van der Waals surface area contributed by atoms with Crippen LogP contribution in [0.25, 0.3) is 0 Å². The van der Waals surface area contributed by atoms with Gasteiger partial charge in [0.15, 0.2) is 0 Å². The highest BCUT2D eigenvalue weighted by Crippen LogP contribution is 2.10. The van der Waals surface area contributed by atoms with Crippen LogP contribution in [0.15, 0.2) is 0 Å². The van der Waals surface area contributed by atoms with Gasteiger partial charge in [0.25, 0.3) is 0 Å². The smallest absolute Gasteiger partial charge is 0.222 e. The lowest BCUT2D eigenvalue weighted by Crippen LogP contribution is -2.53. The molecule has 1 saturated heterocycles. The van der Waals surface area contributed by atoms with Crippen LogP contribution >= 0.6 is 0 Å². The largest absolute Gasteiger partial charge is 0.340 e. The third-order valence-corrected chi connectivity index (χ3v) is 3.38. The highest BCUT2D eigenvalue weighted by Gasteiger charge is 2.23. The fourth-order valence-electron chi connectivity index (χ4n) is 2.34. The predicted molar refractivity (Wildman–Crippen MR) is 66.2 cm³/mol. The van der Waals surface area contributed by atoms with Gasteiger partial charge in [0.1, 0.15) is 0 Å². The van der Waals surface area contributed by atoms with Crippen molar-refractivity contribution in [1.29, 1.82) is 0 Å². The molecule has 0 spiro atoms. The van der Waals surface area contributed by atoms with Crippen molar-refractivity contribution < 1.29 is 4.79 Å². The lowest BCUT2D eigenvalue weighted by molar-refractivity contribution is -0.132. The molecule has 0 radical (unpaired) electrons. The summed E-state index contributed by atoms with van der Waals surface area (Å²) >= 11 is 0. The molecule has 0 aromatic rings. The summed E-state index contributed by atoms with van der Waals surface area (Å²) in [7, 11) is 0. The maximum Gasteiger partial charge on any atom is 0.222 e. The monoisotopic (exact) mass is 227 g/mol. The number of rotatable bonds is 5. The van der Waals surface area contributed by atoms with Gasteiger partial charge in [-0.25, -0.2) is 0 Å². The van der Waals surface area contributed by atoms with Crippen molar-refractivity contribution in [2.75, 3.05) is 32.7 Å². The van der Waals surface area contributed by atoms with E-state index in [9.17, 15) is 4.79 Å². The van der Waals surface area contributed by atoms with Crippen molar-refractivity contribution >= 4 is 5.91 Å². The summed E-state index contributed by atoms with van der Waals surface area (Å²) < 4.78 is 0. The first-order chi connectivity index (χ1) is 7.72. The van der Waals surface area contributed by atoms with E-state index in [4.69, 9.17) is 5.73 Å². The number of amides is 1. The molecule has 94 valence electrons. The van der Waals surface area contributed by atoms with Crippen LogP contribution in [0.2, 0.25) is 0 Å². The zero-order chi connectivity index (χ0) is 12.0. The fraction of sp³-hybridized carbons (Fsp3) is 0.917. The van der Waals surface area contributed by atoms with Crippen molar-refractivity contribution in [2.45, 2.75) is 39.2 Å². The van der Waals surface area contributed by atoms with Crippen molar-refractivity contribution in [1.82, 2.24) is 9.80 Å². The molecule has 2 N–H and O–H groups in total. The Kier molecular flexibility index (Phi) is 5.77. The summed E-state index contributed by atoms with van der Waals surface area (Å²) in [5.41, 5.74) is 5.79. The zero-order valence-electron chi connectivity index (χ0n) is 10.6. The molecule has 1 aliphatic rings. The molecule has 4 nitrogen and oxygen atoms in total. The quantitative estimate of drug-likeness (QED) is 0.751. The van der Waals surface area contributed by atoms with Gasteiger partial charge in [-0.2, -0.15) is 0 Å². The first-order valence-corrected chi connectivity index (χ1v) is 6.44. The predicted octanol–water partition coefficient (Wildman–Crippen LogP) is 0.668. The fourth-order valence-corrected chi connectivity index (χ4v) is 2.34. The van der Waals surface area contributed by atoms with Gasteiger partial charge in [0, 0.05) is 45.2 Å². The molecule has 1 heterocycles. The van der Waals surface area contributed by atoms with Crippen LogP contribution in [0.5, 0.6) is 0 Å². The minimum absolute atomic E-state index is 0.277. The van der Waals surface area contributed by atoms with Gasteiger partial charge in [0.2, 0.25) is 5.91 Å². The molecule has 4 heteroatoms. The Bertz CT molecular complexity index is 212. The highest BCUT2D eigenvalue weighted by molar-refractivity contribution is 5.75. The van der Waals surface area contributed by atoms with E-state index in [1.54, 1.807) is 0 Å². The maximum absolute atomic E-state index is 11.5. The van der Waals surface area contributed by atoms with Crippen LogP contribution in [0.4, 0.5) is 0 Å². The molecule has 0 saturated carbocycles. The summed E-state index contributed by atoms with van der Waals surface area (Å²) in [6, 6.07) is 0.504. The number of carbonyl (C=O) groups is 1. The van der Waals surface area contributed by atoms with E-state index in [1.165, 1.54) is 6.42 Å². The number of hydrogen-bond acceptors (Lipinski definition) is 3. The van der Waals surface area contributed by atoms with E-state index in [1.807, 2.05) is 11.8 Å². The lowest BCUT2D eigenvalue weighted by atomic mass is 10.1. The van der Waals surface area contributed by atoms with Crippen molar-refractivity contribution in [3.63, 3.8) is 0 Å². The summed E-state index contributed by atoms with van der Waals surface area (Å²) in [4.78, 5) is 15.9. The Balaban J connectivity index is 2.38. The average Bonchev–Trinajstić information content (AvgIpc) is 2.35. The van der Waals surface area contributed by atoms with Gasteiger partial charge in [-0.3, -0.25) is 9.69 Å². The van der Waals surface area contributed by atoms with E-state index in [0.29, 0.717) is 12.5 Å². The summed E-state index contributed by atoms with van der Waals surface area (Å²) in [5.74, 6) is 0.277. The topological polar surface area (TPSA) is 49.6 Å². The third-order valence-electron chi connectivity index (χ3n) is 3.38. The van der Waals surface area contributed by atoms with Crippen LogP contribution in [0, 0.1) is 0 Å². The second-order valence-corrected chi connectivity index (χ2v) is 4.45. The number of nitrogens with two attached hydrogens (primary N) is 1. The number of piperazine rings is 1. The average molecular weight is 227 g/mol. The molecule has 1 amide bonds. The standard InChI is InChI=1S/C12H25N3O/c1-3-5-11(10-13)14-6-8-15(9-7-14)12(16)4-2/h11H,3-10,13H2,1-2H3. The summed E-state index contributed by atoms with van der Waals surface area (Å²) in [6.45, 7) is 8.55. The minimum Gasteiger partial charge on any atom is -0.340 e. The molecule has 0 bridgehead atoms. The van der Waals surface area contributed by atoms with Crippen LogP contribution in [0.1, 0.15) is 33.1 Å². The van der Waals surface area contributed by atoms with Gasteiger partial charge in [-0.05, 0) is 6.42 Å². The van der Waals surface area contributed by atoms with Gasteiger partial charge in [-0.15, -0.1) is 0 Å². The Morgan fingerprint density at radius 3 is 2.31 bits per heavy atom. The third kappa shape index (κ3) is 3.46. The Morgan fingerprint density at radius 2 is 1.88 bits per heavy atom. The molecule has 1 rings (SSSR count). The van der Waals surface area contributed by atoms with Crippen LogP contribution in [-0.4, -0.2) is 54.5 Å². The van der Waals surface area contributed by atoms with Crippen molar-refractivity contribution in [3.05, 3.63) is 0 Å². The number of carbonyl (C=O) groups excluding carboxylic acids is 1. The first-order valence-electron chi connectivity index (χ1n) is 6.44. The molecule has 1 fully saturated rings. The van der Waals surface area contributed by atoms with Gasteiger partial charge in [0.05, 0.1) is 0 Å². The molecule has 16 heavy (non-hydrogen) atoms. The molecular weight excluding hydrogens is 202 g/mol. The van der Waals surface area contributed by atoms with E-state index < -0.39 is 0 Å².